The molecular formula is C15H21N5O6. The molecule has 1 aliphatic heterocycles. The van der Waals surface area contributed by atoms with Gasteiger partial charge in [0.25, 0.3) is 0 Å². The van der Waals surface area contributed by atoms with E-state index in [4.69, 9.17) is 4.74 Å². The van der Waals surface area contributed by atoms with Crippen molar-refractivity contribution >= 4 is 23.0 Å². The average Bonchev–Trinajstić information content (AvgIpc) is 3.14. The number of aromatic nitrogens is 4. The lowest BCUT2D eigenvalue weighted by atomic mass is 10.1. The number of hydrogen-bond acceptors (Lipinski definition) is 9. The third-order valence-electron chi connectivity index (χ3n) is 4.38. The number of fused-ring (bicyclic) bond motifs is 1. The molecule has 0 spiro atoms. The fourth-order valence-electron chi connectivity index (χ4n) is 2.91. The van der Waals surface area contributed by atoms with Crippen LogP contribution >= 0.6 is 0 Å². The van der Waals surface area contributed by atoms with Gasteiger partial charge < -0.3 is 30.5 Å². The van der Waals surface area contributed by atoms with Crippen LogP contribution in [0.25, 0.3) is 11.2 Å². The quantitative estimate of drug-likeness (QED) is 0.426. The lowest BCUT2D eigenvalue weighted by Gasteiger charge is -2.19. The van der Waals surface area contributed by atoms with Gasteiger partial charge in [-0.1, -0.05) is 13.8 Å². The number of ether oxygens (including phenoxy) is 1. The first-order valence-corrected chi connectivity index (χ1v) is 8.14. The number of carbonyl (C=O) groups is 1. The van der Waals surface area contributed by atoms with E-state index in [0.717, 1.165) is 0 Å². The molecule has 2 aromatic heterocycles. The molecule has 1 saturated heterocycles. The molecule has 0 aromatic carbocycles. The molecule has 0 saturated carbocycles. The SMILES string of the molecule is CC(C)[C@H](Nc1ncnc2c1ncn2[C@@H]1O[C@H](CO)[C@H](O)C1O)C(=O)O. The number of aliphatic hydroxyl groups excluding tert-OH is 3. The second-order valence-electron chi connectivity index (χ2n) is 6.48. The van der Waals surface area contributed by atoms with Gasteiger partial charge in [0.15, 0.2) is 23.2 Å². The van der Waals surface area contributed by atoms with Gasteiger partial charge >= 0.3 is 5.97 Å². The summed E-state index contributed by atoms with van der Waals surface area (Å²) >= 11 is 0. The van der Waals surface area contributed by atoms with Crippen molar-refractivity contribution in [3.05, 3.63) is 12.7 Å². The van der Waals surface area contributed by atoms with E-state index in [1.54, 1.807) is 13.8 Å². The Labute approximate surface area is 148 Å². The topological polar surface area (TPSA) is 163 Å². The largest absolute Gasteiger partial charge is 0.480 e. The third kappa shape index (κ3) is 3.09. The Bertz CT molecular complexity index is 796. The van der Waals surface area contributed by atoms with Crippen molar-refractivity contribution in [2.75, 3.05) is 11.9 Å². The van der Waals surface area contributed by atoms with Crippen LogP contribution in [0.1, 0.15) is 20.1 Å². The average molecular weight is 367 g/mol. The maximum atomic E-state index is 11.4. The van der Waals surface area contributed by atoms with Crippen molar-refractivity contribution in [1.82, 2.24) is 19.5 Å². The summed E-state index contributed by atoms with van der Waals surface area (Å²) in [6, 6.07) is -0.868. The molecule has 0 aliphatic carbocycles. The molecule has 1 aliphatic rings. The van der Waals surface area contributed by atoms with Crippen molar-refractivity contribution in [3.63, 3.8) is 0 Å². The van der Waals surface area contributed by atoms with Crippen molar-refractivity contribution < 1.29 is 30.0 Å². The fourth-order valence-corrected chi connectivity index (χ4v) is 2.91. The highest BCUT2D eigenvalue weighted by atomic mass is 16.6. The van der Waals surface area contributed by atoms with Gasteiger partial charge in [-0.25, -0.2) is 19.7 Å². The van der Waals surface area contributed by atoms with E-state index in [1.807, 2.05) is 0 Å². The molecule has 1 fully saturated rings. The predicted octanol–water partition coefficient (Wildman–Crippen LogP) is -1.04. The number of nitrogens with one attached hydrogen (secondary N) is 1. The number of carboxylic acid groups (broad SMARTS) is 1. The lowest BCUT2D eigenvalue weighted by Crippen LogP contribution is -2.34. The van der Waals surface area contributed by atoms with Gasteiger partial charge in [-0.3, -0.25) is 4.57 Å². The van der Waals surface area contributed by atoms with Crippen LogP contribution in [0, 0.1) is 5.92 Å². The van der Waals surface area contributed by atoms with Crippen LogP contribution < -0.4 is 5.32 Å². The first-order valence-electron chi connectivity index (χ1n) is 8.14. The fraction of sp³-hybridized carbons (Fsp3) is 0.600. The Kier molecular flexibility index (Phi) is 5.05. The number of aliphatic hydroxyl groups is 3. The summed E-state index contributed by atoms with van der Waals surface area (Å²) in [6.07, 6.45) is -1.85. The zero-order valence-corrected chi connectivity index (χ0v) is 14.2. The monoisotopic (exact) mass is 367 g/mol. The van der Waals surface area contributed by atoms with E-state index in [9.17, 15) is 25.2 Å². The minimum absolute atomic E-state index is 0.194. The van der Waals surface area contributed by atoms with Crippen LogP contribution in [-0.4, -0.2) is 76.9 Å². The van der Waals surface area contributed by atoms with Gasteiger partial charge in [0.2, 0.25) is 0 Å². The summed E-state index contributed by atoms with van der Waals surface area (Å²) in [5.74, 6) is -0.976. The van der Waals surface area contributed by atoms with E-state index in [2.05, 4.69) is 20.3 Å². The number of carboxylic acids is 1. The minimum Gasteiger partial charge on any atom is -0.480 e. The van der Waals surface area contributed by atoms with Gasteiger partial charge in [-0.05, 0) is 5.92 Å². The standard InChI is InChI=1S/C15H21N5O6/c1-6(2)8(15(24)25)19-12-9-13(17-4-16-12)20(5-18-9)14-11(23)10(22)7(3-21)26-14/h4-8,10-11,14,21-23H,3H2,1-2H3,(H,24,25)(H,16,17,19)/t7-,8+,10+,11?,14-/m1/s1. The maximum Gasteiger partial charge on any atom is 0.326 e. The number of nitrogens with zero attached hydrogens (tertiary/aromatic N) is 4. The second kappa shape index (κ2) is 7.11. The van der Waals surface area contributed by atoms with Gasteiger partial charge in [-0.15, -0.1) is 0 Å². The number of rotatable bonds is 6. The molecule has 11 heteroatoms. The first kappa shape index (κ1) is 18.5. The third-order valence-corrected chi connectivity index (χ3v) is 4.38. The number of hydrogen-bond donors (Lipinski definition) is 5. The molecule has 0 radical (unpaired) electrons. The Morgan fingerprint density at radius 2 is 2.04 bits per heavy atom. The summed E-state index contributed by atoms with van der Waals surface area (Å²) in [4.78, 5) is 23.8. The van der Waals surface area contributed by atoms with Crippen LogP contribution in [0.5, 0.6) is 0 Å². The van der Waals surface area contributed by atoms with Gasteiger partial charge in [0.05, 0.1) is 12.9 Å². The highest BCUT2D eigenvalue weighted by molar-refractivity contribution is 5.86. The Morgan fingerprint density at radius 1 is 1.31 bits per heavy atom. The highest BCUT2D eigenvalue weighted by Gasteiger charge is 2.44. The van der Waals surface area contributed by atoms with Crippen LogP contribution in [-0.2, 0) is 9.53 Å². The van der Waals surface area contributed by atoms with Gasteiger partial charge in [0.1, 0.15) is 30.7 Å². The molecule has 1 unspecified atom stereocenters. The second-order valence-corrected chi connectivity index (χ2v) is 6.48. The first-order chi connectivity index (χ1) is 12.3. The van der Waals surface area contributed by atoms with Crippen LogP contribution in [0.2, 0.25) is 0 Å². The summed E-state index contributed by atoms with van der Waals surface area (Å²) in [5, 5.41) is 41.5. The Hall–Kier alpha value is -2.34. The number of anilines is 1. The maximum absolute atomic E-state index is 11.4. The molecule has 3 heterocycles. The molecule has 2 aromatic rings. The summed E-state index contributed by atoms with van der Waals surface area (Å²) in [5.41, 5.74) is 0.599. The molecule has 3 rings (SSSR count). The van der Waals surface area contributed by atoms with E-state index in [0.29, 0.717) is 11.2 Å². The van der Waals surface area contributed by atoms with Crippen LogP contribution in [0.15, 0.2) is 12.7 Å². The minimum atomic E-state index is -1.28. The Balaban J connectivity index is 1.96. The number of imidazole rings is 1. The lowest BCUT2D eigenvalue weighted by molar-refractivity contribution is -0.138. The summed E-state index contributed by atoms with van der Waals surface area (Å²) in [7, 11) is 0. The van der Waals surface area contributed by atoms with Crippen molar-refractivity contribution in [2.45, 2.75) is 44.4 Å². The van der Waals surface area contributed by atoms with Crippen molar-refractivity contribution in [3.8, 4) is 0 Å². The van der Waals surface area contributed by atoms with Crippen LogP contribution in [0.4, 0.5) is 5.82 Å². The van der Waals surface area contributed by atoms with E-state index < -0.39 is 43.2 Å². The van der Waals surface area contributed by atoms with E-state index in [1.165, 1.54) is 17.2 Å². The molecule has 26 heavy (non-hydrogen) atoms. The number of aliphatic carboxylic acids is 1. The normalized spacial score (nSPS) is 27.2. The zero-order chi connectivity index (χ0) is 19.0. The van der Waals surface area contributed by atoms with Crippen molar-refractivity contribution in [2.24, 2.45) is 5.92 Å². The van der Waals surface area contributed by atoms with E-state index in [-0.39, 0.29) is 11.7 Å². The van der Waals surface area contributed by atoms with Crippen LogP contribution in [0.3, 0.4) is 0 Å². The highest BCUT2D eigenvalue weighted by Crippen LogP contribution is 2.32. The van der Waals surface area contributed by atoms with Crippen molar-refractivity contribution in [1.29, 1.82) is 0 Å². The Morgan fingerprint density at radius 3 is 2.62 bits per heavy atom. The predicted molar refractivity (Wildman–Crippen MR) is 88.2 cm³/mol. The molecule has 0 amide bonds. The molecule has 142 valence electrons. The van der Waals surface area contributed by atoms with Gasteiger partial charge in [-0.2, -0.15) is 0 Å². The molecule has 11 nitrogen and oxygen atoms in total. The molecular weight excluding hydrogens is 346 g/mol. The van der Waals surface area contributed by atoms with Gasteiger partial charge in [0, 0.05) is 0 Å². The summed E-state index contributed by atoms with van der Waals surface area (Å²) < 4.78 is 6.90. The zero-order valence-electron chi connectivity index (χ0n) is 14.2. The summed E-state index contributed by atoms with van der Waals surface area (Å²) in [6.45, 7) is 3.08. The molecule has 5 N–H and O–H groups in total. The molecule has 5 atom stereocenters. The molecule has 0 bridgehead atoms. The smallest absolute Gasteiger partial charge is 0.326 e. The van der Waals surface area contributed by atoms with E-state index >= 15 is 0 Å².